The van der Waals surface area contributed by atoms with Crippen molar-refractivity contribution in [2.24, 2.45) is 5.41 Å². The Hall–Kier alpha value is -2.12. The standard InChI is InChI=1S/C20H31N3O4/c1-20(2,19(25)22-10-11-23-12-14-27-15-13-23)18(24)21-9-8-16-4-6-17(26-3)7-5-16/h4-7H,8-15H2,1-3H3,(H,21,24)(H,22,25). The van der Waals surface area contributed by atoms with Gasteiger partial charge in [0.15, 0.2) is 0 Å². The number of ether oxygens (including phenoxy) is 2. The van der Waals surface area contributed by atoms with Crippen LogP contribution in [0, 0.1) is 5.41 Å². The van der Waals surface area contributed by atoms with Crippen molar-refractivity contribution in [1.82, 2.24) is 15.5 Å². The van der Waals surface area contributed by atoms with E-state index in [2.05, 4.69) is 15.5 Å². The average Bonchev–Trinajstić information content (AvgIpc) is 2.69. The van der Waals surface area contributed by atoms with Gasteiger partial charge in [-0.25, -0.2) is 0 Å². The summed E-state index contributed by atoms with van der Waals surface area (Å²) in [6, 6.07) is 7.72. The smallest absolute Gasteiger partial charge is 0.235 e. The number of nitrogens with zero attached hydrogens (tertiary/aromatic N) is 1. The summed E-state index contributed by atoms with van der Waals surface area (Å²) >= 11 is 0. The van der Waals surface area contributed by atoms with Gasteiger partial charge in [-0.1, -0.05) is 12.1 Å². The fourth-order valence-corrected chi connectivity index (χ4v) is 2.81. The van der Waals surface area contributed by atoms with Crippen LogP contribution in [0.1, 0.15) is 19.4 Å². The van der Waals surface area contributed by atoms with E-state index in [1.165, 1.54) is 0 Å². The second kappa shape index (κ2) is 10.3. The van der Waals surface area contributed by atoms with E-state index < -0.39 is 5.41 Å². The van der Waals surface area contributed by atoms with Gasteiger partial charge in [-0.05, 0) is 38.0 Å². The summed E-state index contributed by atoms with van der Waals surface area (Å²) in [5.41, 5.74) is -0.00543. The molecule has 7 heteroatoms. The van der Waals surface area contributed by atoms with E-state index in [0.717, 1.165) is 44.2 Å². The molecule has 0 atom stereocenters. The summed E-state index contributed by atoms with van der Waals surface area (Å²) in [6.07, 6.45) is 0.699. The highest BCUT2D eigenvalue weighted by atomic mass is 16.5. The van der Waals surface area contributed by atoms with Crippen LogP contribution >= 0.6 is 0 Å². The van der Waals surface area contributed by atoms with Gasteiger partial charge in [-0.2, -0.15) is 0 Å². The third-order valence-electron chi connectivity index (χ3n) is 4.81. The molecule has 1 aliphatic heterocycles. The molecule has 0 unspecified atom stereocenters. The van der Waals surface area contributed by atoms with Gasteiger partial charge in [-0.3, -0.25) is 14.5 Å². The van der Waals surface area contributed by atoms with E-state index in [9.17, 15) is 9.59 Å². The molecule has 0 saturated carbocycles. The van der Waals surface area contributed by atoms with Gasteiger partial charge in [0, 0.05) is 32.7 Å². The first-order chi connectivity index (χ1) is 12.9. The van der Waals surface area contributed by atoms with Crippen molar-refractivity contribution in [2.75, 3.05) is 53.0 Å². The molecule has 1 aromatic rings. The predicted molar refractivity (Wildman–Crippen MR) is 104 cm³/mol. The van der Waals surface area contributed by atoms with Gasteiger partial charge in [-0.15, -0.1) is 0 Å². The van der Waals surface area contributed by atoms with Crippen molar-refractivity contribution < 1.29 is 19.1 Å². The fourth-order valence-electron chi connectivity index (χ4n) is 2.81. The number of nitrogens with one attached hydrogen (secondary N) is 2. The van der Waals surface area contributed by atoms with Crippen molar-refractivity contribution in [3.63, 3.8) is 0 Å². The van der Waals surface area contributed by atoms with Crippen LogP contribution in [0.4, 0.5) is 0 Å². The maximum atomic E-state index is 12.4. The van der Waals surface area contributed by atoms with Gasteiger partial charge in [0.05, 0.1) is 20.3 Å². The average molecular weight is 377 g/mol. The maximum Gasteiger partial charge on any atom is 0.235 e. The van der Waals surface area contributed by atoms with Crippen molar-refractivity contribution in [2.45, 2.75) is 20.3 Å². The molecule has 150 valence electrons. The number of benzene rings is 1. The molecular weight excluding hydrogens is 346 g/mol. The monoisotopic (exact) mass is 377 g/mol. The highest BCUT2D eigenvalue weighted by Gasteiger charge is 2.35. The van der Waals surface area contributed by atoms with Crippen LogP contribution in [-0.2, 0) is 20.7 Å². The maximum absolute atomic E-state index is 12.4. The van der Waals surface area contributed by atoms with Crippen molar-refractivity contribution in [3.05, 3.63) is 29.8 Å². The third-order valence-corrected chi connectivity index (χ3v) is 4.81. The summed E-state index contributed by atoms with van der Waals surface area (Å²) in [7, 11) is 1.63. The minimum Gasteiger partial charge on any atom is -0.497 e. The molecule has 2 rings (SSSR count). The largest absolute Gasteiger partial charge is 0.497 e. The molecule has 2 N–H and O–H groups in total. The van der Waals surface area contributed by atoms with Crippen LogP contribution in [0.15, 0.2) is 24.3 Å². The Labute approximate surface area is 161 Å². The lowest BCUT2D eigenvalue weighted by atomic mass is 9.91. The third kappa shape index (κ3) is 6.52. The highest BCUT2D eigenvalue weighted by molar-refractivity contribution is 6.04. The Morgan fingerprint density at radius 3 is 2.26 bits per heavy atom. The minimum atomic E-state index is -1.11. The van der Waals surface area contributed by atoms with Gasteiger partial charge < -0.3 is 20.1 Å². The number of methoxy groups -OCH3 is 1. The lowest BCUT2D eigenvalue weighted by Crippen LogP contribution is -2.50. The molecule has 1 aromatic carbocycles. The summed E-state index contributed by atoms with van der Waals surface area (Å²) in [6.45, 7) is 8.31. The fraction of sp³-hybridized carbons (Fsp3) is 0.600. The van der Waals surface area contributed by atoms with Crippen molar-refractivity contribution >= 4 is 11.8 Å². The molecule has 0 aliphatic carbocycles. The molecular formula is C20H31N3O4. The number of amides is 2. The highest BCUT2D eigenvalue weighted by Crippen LogP contribution is 2.16. The number of carbonyl (C=O) groups is 2. The lowest BCUT2D eigenvalue weighted by molar-refractivity contribution is -0.141. The Morgan fingerprint density at radius 2 is 1.67 bits per heavy atom. The summed E-state index contributed by atoms with van der Waals surface area (Å²) in [4.78, 5) is 27.1. The first-order valence-electron chi connectivity index (χ1n) is 9.43. The lowest BCUT2D eigenvalue weighted by Gasteiger charge is -2.27. The minimum absolute atomic E-state index is 0.252. The molecule has 0 radical (unpaired) electrons. The Kier molecular flexibility index (Phi) is 8.06. The second-order valence-corrected chi connectivity index (χ2v) is 7.19. The van der Waals surface area contributed by atoms with Crippen LogP contribution in [0.5, 0.6) is 5.75 Å². The van der Waals surface area contributed by atoms with Gasteiger partial charge in [0.25, 0.3) is 0 Å². The molecule has 27 heavy (non-hydrogen) atoms. The van der Waals surface area contributed by atoms with Gasteiger partial charge in [0.1, 0.15) is 11.2 Å². The van der Waals surface area contributed by atoms with E-state index in [0.29, 0.717) is 19.5 Å². The molecule has 2 amide bonds. The van der Waals surface area contributed by atoms with Crippen molar-refractivity contribution in [3.8, 4) is 5.75 Å². The molecule has 1 aliphatic rings. The van der Waals surface area contributed by atoms with E-state index in [1.54, 1.807) is 21.0 Å². The topological polar surface area (TPSA) is 79.9 Å². The molecule has 1 saturated heterocycles. The molecule has 1 heterocycles. The predicted octanol–water partition coefficient (Wildman–Crippen LogP) is 0.829. The van der Waals surface area contributed by atoms with Crippen molar-refractivity contribution in [1.29, 1.82) is 0 Å². The normalized spacial score (nSPS) is 15.2. The first kappa shape index (κ1) is 21.2. The van der Waals surface area contributed by atoms with E-state index >= 15 is 0 Å². The summed E-state index contributed by atoms with van der Waals surface area (Å²) in [5, 5.41) is 5.74. The first-order valence-corrected chi connectivity index (χ1v) is 9.43. The Morgan fingerprint density at radius 1 is 1.07 bits per heavy atom. The molecule has 0 aromatic heterocycles. The zero-order chi connectivity index (χ0) is 19.7. The zero-order valence-electron chi connectivity index (χ0n) is 16.5. The number of morpholine rings is 1. The number of rotatable bonds is 9. The summed E-state index contributed by atoms with van der Waals surface area (Å²) < 4.78 is 10.4. The molecule has 0 bridgehead atoms. The number of carbonyl (C=O) groups excluding carboxylic acids is 2. The zero-order valence-corrected chi connectivity index (χ0v) is 16.5. The van der Waals surface area contributed by atoms with E-state index in [-0.39, 0.29) is 11.8 Å². The van der Waals surface area contributed by atoms with Crippen LogP contribution in [0.3, 0.4) is 0 Å². The van der Waals surface area contributed by atoms with Gasteiger partial charge >= 0.3 is 0 Å². The van der Waals surface area contributed by atoms with E-state index in [1.807, 2.05) is 24.3 Å². The van der Waals surface area contributed by atoms with Crippen LogP contribution in [0.25, 0.3) is 0 Å². The number of hydrogen-bond donors (Lipinski definition) is 2. The summed E-state index contributed by atoms with van der Waals surface area (Å²) in [5.74, 6) is 0.287. The second-order valence-electron chi connectivity index (χ2n) is 7.19. The Balaban J connectivity index is 1.71. The van der Waals surface area contributed by atoms with Crippen LogP contribution in [0.2, 0.25) is 0 Å². The van der Waals surface area contributed by atoms with Gasteiger partial charge in [0.2, 0.25) is 11.8 Å². The number of hydrogen-bond acceptors (Lipinski definition) is 5. The SMILES string of the molecule is COc1ccc(CCNC(=O)C(C)(C)C(=O)NCCN2CCOCC2)cc1. The Bertz CT molecular complexity index is 610. The van der Waals surface area contributed by atoms with Crippen LogP contribution < -0.4 is 15.4 Å². The van der Waals surface area contributed by atoms with Crippen LogP contribution in [-0.4, -0.2) is 69.8 Å². The quantitative estimate of drug-likeness (QED) is 0.623. The molecule has 7 nitrogen and oxygen atoms in total. The molecule has 1 fully saturated rings. The van der Waals surface area contributed by atoms with E-state index in [4.69, 9.17) is 9.47 Å². The molecule has 0 spiro atoms.